The second-order valence-electron chi connectivity index (χ2n) is 10.1. The molecule has 1 aliphatic carbocycles. The van der Waals surface area contributed by atoms with E-state index in [1.807, 2.05) is 31.3 Å². The fourth-order valence-electron chi connectivity index (χ4n) is 4.43. The van der Waals surface area contributed by atoms with Crippen LogP contribution in [-0.4, -0.2) is 35.4 Å². The molecule has 1 amide bonds. The number of aldehydes is 1. The normalized spacial score (nSPS) is 14.1. The molecular formula is C30H37FN4O3. The maximum absolute atomic E-state index is 13.7. The van der Waals surface area contributed by atoms with Crippen molar-refractivity contribution >= 4 is 29.3 Å². The van der Waals surface area contributed by atoms with Crippen molar-refractivity contribution in [3.63, 3.8) is 0 Å². The molecule has 0 bridgehead atoms. The van der Waals surface area contributed by atoms with Crippen LogP contribution < -0.4 is 16.0 Å². The number of nitrogens with zero attached hydrogens (tertiary/aromatic N) is 1. The highest BCUT2D eigenvalue weighted by atomic mass is 19.1. The molecule has 0 saturated heterocycles. The summed E-state index contributed by atoms with van der Waals surface area (Å²) in [5, 5.41) is 18.4. The van der Waals surface area contributed by atoms with Crippen LogP contribution in [0.5, 0.6) is 0 Å². The Bertz CT molecular complexity index is 1210. The van der Waals surface area contributed by atoms with E-state index >= 15 is 0 Å². The van der Waals surface area contributed by atoms with Gasteiger partial charge in [-0.05, 0) is 68.1 Å². The van der Waals surface area contributed by atoms with E-state index in [-0.39, 0.29) is 11.6 Å². The first-order valence-corrected chi connectivity index (χ1v) is 12.9. The minimum absolute atomic E-state index is 0.282. The lowest BCUT2D eigenvalue weighted by atomic mass is 9.98. The Balaban J connectivity index is 0.000000279. The molecule has 7 nitrogen and oxygen atoms in total. The molecule has 38 heavy (non-hydrogen) atoms. The van der Waals surface area contributed by atoms with E-state index in [9.17, 15) is 19.1 Å². The Labute approximate surface area is 223 Å². The highest BCUT2D eigenvalue weighted by Gasteiger charge is 2.21. The molecule has 1 aromatic heterocycles. The third kappa shape index (κ3) is 8.66. The van der Waals surface area contributed by atoms with Crippen molar-refractivity contribution in [1.82, 2.24) is 10.3 Å². The summed E-state index contributed by atoms with van der Waals surface area (Å²) in [4.78, 5) is 27.5. The third-order valence-electron chi connectivity index (χ3n) is 6.58. The van der Waals surface area contributed by atoms with Gasteiger partial charge in [0.15, 0.2) is 5.82 Å². The van der Waals surface area contributed by atoms with E-state index < -0.39 is 17.5 Å². The van der Waals surface area contributed by atoms with E-state index in [1.165, 1.54) is 25.1 Å². The number of hydrogen-bond acceptors (Lipinski definition) is 6. The first-order valence-electron chi connectivity index (χ1n) is 12.9. The monoisotopic (exact) mass is 520 g/mol. The molecule has 202 valence electrons. The van der Waals surface area contributed by atoms with Crippen LogP contribution in [0.4, 0.5) is 21.5 Å². The van der Waals surface area contributed by atoms with Crippen LogP contribution in [0.1, 0.15) is 61.9 Å². The summed E-state index contributed by atoms with van der Waals surface area (Å²) in [6.45, 7) is 3.56. The summed E-state index contributed by atoms with van der Waals surface area (Å²) in [5.41, 5.74) is 2.48. The molecule has 4 N–H and O–H groups in total. The molecule has 1 saturated carbocycles. The number of nitrogens with one attached hydrogen (secondary N) is 3. The van der Waals surface area contributed by atoms with Gasteiger partial charge in [-0.2, -0.15) is 0 Å². The van der Waals surface area contributed by atoms with Gasteiger partial charge >= 0.3 is 0 Å². The summed E-state index contributed by atoms with van der Waals surface area (Å²) in [7, 11) is 1.86. The molecule has 1 aliphatic rings. The number of anilines is 3. The smallest absolute Gasteiger partial charge is 0.251 e. The Morgan fingerprint density at radius 2 is 1.84 bits per heavy atom. The molecule has 0 aliphatic heterocycles. The largest absolute Gasteiger partial charge is 0.388 e. The quantitative estimate of drug-likeness (QED) is 0.266. The number of aliphatic hydroxyl groups is 1. The number of amides is 1. The second-order valence-corrected chi connectivity index (χ2v) is 10.1. The Kier molecular flexibility index (Phi) is 10.4. The Morgan fingerprint density at radius 3 is 2.50 bits per heavy atom. The summed E-state index contributed by atoms with van der Waals surface area (Å²) >= 11 is 0. The first kappa shape index (κ1) is 28.8. The number of rotatable bonds is 9. The zero-order valence-corrected chi connectivity index (χ0v) is 22.2. The number of benzene rings is 2. The predicted molar refractivity (Wildman–Crippen MR) is 149 cm³/mol. The van der Waals surface area contributed by atoms with Crippen molar-refractivity contribution in [3.05, 3.63) is 83.9 Å². The van der Waals surface area contributed by atoms with E-state index in [4.69, 9.17) is 0 Å². The number of aromatic nitrogens is 1. The highest BCUT2D eigenvalue weighted by Crippen LogP contribution is 2.28. The lowest BCUT2D eigenvalue weighted by Crippen LogP contribution is -2.37. The van der Waals surface area contributed by atoms with Crippen LogP contribution in [0.3, 0.4) is 0 Å². The fourth-order valence-corrected chi connectivity index (χ4v) is 4.43. The van der Waals surface area contributed by atoms with E-state index in [0.717, 1.165) is 36.6 Å². The van der Waals surface area contributed by atoms with Crippen LogP contribution >= 0.6 is 0 Å². The molecule has 3 aromatic rings. The topological polar surface area (TPSA) is 103 Å². The summed E-state index contributed by atoms with van der Waals surface area (Å²) in [6, 6.07) is 15.6. The van der Waals surface area contributed by atoms with Crippen molar-refractivity contribution in [2.75, 3.05) is 17.7 Å². The fraction of sp³-hybridized carbons (Fsp3) is 0.367. The number of pyridine rings is 1. The van der Waals surface area contributed by atoms with Crippen molar-refractivity contribution < 1.29 is 19.1 Å². The van der Waals surface area contributed by atoms with Gasteiger partial charge in [0.25, 0.3) is 5.91 Å². The number of carbonyl (C=O) groups excluding carboxylic acids is 2. The van der Waals surface area contributed by atoms with Gasteiger partial charge in [-0.1, -0.05) is 43.9 Å². The van der Waals surface area contributed by atoms with E-state index in [2.05, 4.69) is 20.9 Å². The van der Waals surface area contributed by atoms with Gasteiger partial charge < -0.3 is 25.9 Å². The average Bonchev–Trinajstić information content (AvgIpc) is 3.43. The second kappa shape index (κ2) is 13.7. The molecule has 2 aromatic carbocycles. The molecule has 1 unspecified atom stereocenters. The zero-order chi connectivity index (χ0) is 27.5. The number of carbonyl (C=O) groups is 2. The number of hydrogen-bond donors (Lipinski definition) is 4. The molecule has 1 fully saturated rings. The van der Waals surface area contributed by atoms with Crippen molar-refractivity contribution in [3.8, 4) is 0 Å². The first-order chi connectivity index (χ1) is 18.2. The summed E-state index contributed by atoms with van der Waals surface area (Å²) in [6.07, 6.45) is 8.75. The van der Waals surface area contributed by atoms with Crippen LogP contribution in [0.25, 0.3) is 0 Å². The van der Waals surface area contributed by atoms with Crippen LogP contribution in [0, 0.1) is 11.7 Å². The molecule has 1 atom stereocenters. The van der Waals surface area contributed by atoms with Crippen LogP contribution in [-0.2, 0) is 10.4 Å². The average molecular weight is 521 g/mol. The molecule has 1 heterocycles. The molecule has 0 spiro atoms. The molecular weight excluding hydrogens is 483 g/mol. The van der Waals surface area contributed by atoms with Gasteiger partial charge in [0.1, 0.15) is 6.29 Å². The van der Waals surface area contributed by atoms with Crippen LogP contribution in [0.15, 0.2) is 67.0 Å². The lowest BCUT2D eigenvalue weighted by Gasteiger charge is -2.18. The standard InChI is InChI=1S/C20H22FN3O2.C10H15NO/c21-18-12-22-9-8-19(18)23-16-7-3-6-15(11-16)20(26)24-17(13-25)10-14-4-1-2-5-14;1-10(2,12)8-5-4-6-9(7-8)11-3/h3,6-9,11-14,17H,1-2,4-5,10H2,(H,22,23)(H,24,26);4-7,11-12H,1-3H3. The highest BCUT2D eigenvalue weighted by molar-refractivity contribution is 5.96. The van der Waals surface area contributed by atoms with E-state index in [1.54, 1.807) is 38.1 Å². The summed E-state index contributed by atoms with van der Waals surface area (Å²) in [5.74, 6) is -0.271. The molecule has 4 rings (SSSR count). The van der Waals surface area contributed by atoms with Crippen LogP contribution in [0.2, 0.25) is 0 Å². The van der Waals surface area contributed by atoms with Gasteiger partial charge in [0.05, 0.1) is 23.5 Å². The van der Waals surface area contributed by atoms with Crippen molar-refractivity contribution in [2.24, 2.45) is 5.92 Å². The van der Waals surface area contributed by atoms with Gasteiger partial charge in [-0.25, -0.2) is 4.39 Å². The van der Waals surface area contributed by atoms with Gasteiger partial charge in [0.2, 0.25) is 0 Å². The predicted octanol–water partition coefficient (Wildman–Crippen LogP) is 5.80. The number of halogens is 1. The minimum atomic E-state index is -0.757. The van der Waals surface area contributed by atoms with Gasteiger partial charge in [-0.15, -0.1) is 0 Å². The van der Waals surface area contributed by atoms with Gasteiger partial charge in [0, 0.05) is 30.2 Å². The van der Waals surface area contributed by atoms with Crippen molar-refractivity contribution in [1.29, 1.82) is 0 Å². The Hall–Kier alpha value is -3.78. The Morgan fingerprint density at radius 1 is 1.13 bits per heavy atom. The maximum atomic E-state index is 13.7. The van der Waals surface area contributed by atoms with E-state index in [0.29, 0.717) is 23.6 Å². The third-order valence-corrected chi connectivity index (χ3v) is 6.58. The SMILES string of the molecule is CNc1cccc(C(C)(C)O)c1.O=CC(CC1CCCC1)NC(=O)c1cccc(Nc2ccncc2F)c1. The zero-order valence-electron chi connectivity index (χ0n) is 22.2. The summed E-state index contributed by atoms with van der Waals surface area (Å²) < 4.78 is 13.7. The minimum Gasteiger partial charge on any atom is -0.388 e. The molecule has 0 radical (unpaired) electrons. The van der Waals surface area contributed by atoms with Gasteiger partial charge in [-0.3, -0.25) is 9.78 Å². The van der Waals surface area contributed by atoms with Crippen molar-refractivity contribution in [2.45, 2.75) is 57.6 Å². The maximum Gasteiger partial charge on any atom is 0.251 e. The molecule has 8 heteroatoms. The lowest BCUT2D eigenvalue weighted by molar-refractivity contribution is -0.109.